The van der Waals surface area contributed by atoms with Crippen LogP contribution in [0.15, 0.2) is 28.0 Å². The molecule has 2 aliphatic rings. The highest BCUT2D eigenvalue weighted by atomic mass is 32.2. The van der Waals surface area contributed by atoms with E-state index >= 15 is 0 Å². The standard InChI is InChI=1S/C15H18N2O5S2/c1-9-14(18)16-12-8-11(2-3-13(12)23-9)24(21,22)17-6-4-10(5-7-17)15(19)20/h2-3,8-10H,4-7H2,1H3,(H,16,18)(H,19,20)/t9-/m0/s1. The Morgan fingerprint density at radius 3 is 2.62 bits per heavy atom. The van der Waals surface area contributed by atoms with E-state index in [4.69, 9.17) is 5.11 Å². The lowest BCUT2D eigenvalue weighted by molar-refractivity contribution is -0.142. The number of nitrogens with one attached hydrogen (secondary N) is 1. The molecule has 1 aromatic rings. The molecule has 0 aliphatic carbocycles. The van der Waals surface area contributed by atoms with E-state index in [1.807, 2.05) is 0 Å². The molecule has 3 rings (SSSR count). The zero-order valence-corrected chi connectivity index (χ0v) is 14.7. The van der Waals surface area contributed by atoms with Crippen molar-refractivity contribution in [2.24, 2.45) is 5.92 Å². The van der Waals surface area contributed by atoms with Crippen LogP contribution in [0.5, 0.6) is 0 Å². The normalized spacial score (nSPS) is 22.7. The van der Waals surface area contributed by atoms with Crippen LogP contribution in [-0.4, -0.2) is 48.0 Å². The predicted octanol–water partition coefficient (Wildman–Crippen LogP) is 1.60. The quantitative estimate of drug-likeness (QED) is 0.838. The highest BCUT2D eigenvalue weighted by Crippen LogP contribution is 2.37. The van der Waals surface area contributed by atoms with Crippen molar-refractivity contribution < 1.29 is 23.1 Å². The Balaban J connectivity index is 1.82. The Labute approximate surface area is 144 Å². The van der Waals surface area contributed by atoms with Gasteiger partial charge in [0.15, 0.2) is 0 Å². The Morgan fingerprint density at radius 1 is 1.33 bits per heavy atom. The topological polar surface area (TPSA) is 104 Å². The number of carbonyl (C=O) groups excluding carboxylic acids is 1. The number of nitrogens with zero attached hydrogens (tertiary/aromatic N) is 1. The number of carbonyl (C=O) groups is 2. The van der Waals surface area contributed by atoms with Gasteiger partial charge in [0.05, 0.1) is 21.8 Å². The molecular weight excluding hydrogens is 352 g/mol. The molecule has 1 amide bonds. The molecule has 0 aromatic heterocycles. The molecule has 0 saturated carbocycles. The second-order valence-corrected chi connectivity index (χ2v) is 9.24. The first-order valence-corrected chi connectivity index (χ1v) is 9.95. The summed E-state index contributed by atoms with van der Waals surface area (Å²) in [5, 5.41) is 11.5. The molecular formula is C15H18N2O5S2. The number of anilines is 1. The first-order valence-electron chi connectivity index (χ1n) is 7.63. The lowest BCUT2D eigenvalue weighted by Crippen LogP contribution is -2.40. The molecule has 130 valence electrons. The molecule has 1 saturated heterocycles. The summed E-state index contributed by atoms with van der Waals surface area (Å²) >= 11 is 1.39. The Kier molecular flexibility index (Phi) is 4.58. The van der Waals surface area contributed by atoms with Crippen molar-refractivity contribution in [3.05, 3.63) is 18.2 Å². The SMILES string of the molecule is C[C@@H]1Sc2ccc(S(=O)(=O)N3CCC(C(=O)O)CC3)cc2NC1=O. The van der Waals surface area contributed by atoms with E-state index in [-0.39, 0.29) is 29.1 Å². The van der Waals surface area contributed by atoms with Gasteiger partial charge in [-0.15, -0.1) is 11.8 Å². The molecule has 9 heteroatoms. The third-order valence-corrected chi connectivity index (χ3v) is 7.40. The summed E-state index contributed by atoms with van der Waals surface area (Å²) in [6.07, 6.45) is 0.618. The van der Waals surface area contributed by atoms with Crippen LogP contribution in [-0.2, 0) is 19.6 Å². The number of hydrogen-bond acceptors (Lipinski definition) is 5. The number of carboxylic acid groups (broad SMARTS) is 1. The van der Waals surface area contributed by atoms with Crippen LogP contribution in [0.25, 0.3) is 0 Å². The number of fused-ring (bicyclic) bond motifs is 1. The molecule has 24 heavy (non-hydrogen) atoms. The third kappa shape index (κ3) is 3.15. The number of hydrogen-bond donors (Lipinski definition) is 2. The number of carboxylic acids is 1. The molecule has 1 atom stereocenters. The van der Waals surface area contributed by atoms with Crippen molar-refractivity contribution in [3.63, 3.8) is 0 Å². The minimum atomic E-state index is -3.70. The molecule has 1 fully saturated rings. The van der Waals surface area contributed by atoms with Crippen LogP contribution in [0.1, 0.15) is 19.8 Å². The van der Waals surface area contributed by atoms with Gasteiger partial charge in [-0.05, 0) is 38.0 Å². The van der Waals surface area contributed by atoms with Crippen LogP contribution >= 0.6 is 11.8 Å². The maximum Gasteiger partial charge on any atom is 0.306 e. The van der Waals surface area contributed by atoms with E-state index in [2.05, 4.69) is 5.32 Å². The number of piperidine rings is 1. The minimum absolute atomic E-state index is 0.116. The van der Waals surface area contributed by atoms with Gasteiger partial charge < -0.3 is 10.4 Å². The number of benzene rings is 1. The van der Waals surface area contributed by atoms with E-state index in [1.54, 1.807) is 13.0 Å². The van der Waals surface area contributed by atoms with Crippen molar-refractivity contribution in [3.8, 4) is 0 Å². The van der Waals surface area contributed by atoms with Gasteiger partial charge in [-0.2, -0.15) is 4.31 Å². The molecule has 0 bridgehead atoms. The van der Waals surface area contributed by atoms with Crippen molar-refractivity contribution >= 4 is 39.3 Å². The molecule has 7 nitrogen and oxygen atoms in total. The van der Waals surface area contributed by atoms with Crippen LogP contribution < -0.4 is 5.32 Å². The van der Waals surface area contributed by atoms with Crippen molar-refractivity contribution in [1.29, 1.82) is 0 Å². The predicted molar refractivity (Wildman–Crippen MR) is 89.5 cm³/mol. The average Bonchev–Trinajstić information content (AvgIpc) is 2.55. The number of amides is 1. The van der Waals surface area contributed by atoms with Gasteiger partial charge in [0.25, 0.3) is 0 Å². The fourth-order valence-corrected chi connectivity index (χ4v) is 5.27. The maximum absolute atomic E-state index is 12.8. The Bertz CT molecular complexity index is 785. The summed E-state index contributed by atoms with van der Waals surface area (Å²) in [5.41, 5.74) is 0.504. The molecule has 1 aromatic carbocycles. The molecule has 2 heterocycles. The first-order chi connectivity index (χ1) is 11.3. The number of aliphatic carboxylic acids is 1. The Morgan fingerprint density at radius 2 is 2.00 bits per heavy atom. The van der Waals surface area contributed by atoms with Crippen molar-refractivity contribution in [1.82, 2.24) is 4.31 Å². The zero-order valence-electron chi connectivity index (χ0n) is 13.1. The average molecular weight is 370 g/mol. The van der Waals surface area contributed by atoms with Crippen LogP contribution in [0.4, 0.5) is 5.69 Å². The summed E-state index contributed by atoms with van der Waals surface area (Å²) in [5.74, 6) is -1.52. The first kappa shape index (κ1) is 17.2. The van der Waals surface area contributed by atoms with Gasteiger partial charge in [0.2, 0.25) is 15.9 Å². The second-order valence-electron chi connectivity index (χ2n) is 5.92. The molecule has 0 radical (unpaired) electrons. The number of sulfonamides is 1. The van der Waals surface area contributed by atoms with E-state index in [0.29, 0.717) is 18.5 Å². The minimum Gasteiger partial charge on any atom is -0.481 e. The summed E-state index contributed by atoms with van der Waals surface area (Å²) in [6, 6.07) is 4.71. The molecule has 0 unspecified atom stereocenters. The molecule has 2 N–H and O–H groups in total. The van der Waals surface area contributed by atoms with Gasteiger partial charge in [-0.3, -0.25) is 9.59 Å². The lowest BCUT2D eigenvalue weighted by Gasteiger charge is -2.29. The summed E-state index contributed by atoms with van der Waals surface area (Å²) in [6.45, 7) is 2.17. The van der Waals surface area contributed by atoms with Crippen molar-refractivity contribution in [2.75, 3.05) is 18.4 Å². The van der Waals surface area contributed by atoms with E-state index in [1.165, 1.54) is 28.2 Å². The highest BCUT2D eigenvalue weighted by Gasteiger charge is 2.33. The Hall–Kier alpha value is -1.58. The fraction of sp³-hybridized carbons (Fsp3) is 0.467. The van der Waals surface area contributed by atoms with Crippen LogP contribution in [0.2, 0.25) is 0 Å². The molecule has 2 aliphatic heterocycles. The summed E-state index contributed by atoms with van der Waals surface area (Å²) < 4.78 is 26.8. The number of thioether (sulfide) groups is 1. The van der Waals surface area contributed by atoms with Crippen LogP contribution in [0.3, 0.4) is 0 Å². The van der Waals surface area contributed by atoms with Crippen LogP contribution in [0, 0.1) is 5.92 Å². The second kappa shape index (κ2) is 6.38. The zero-order chi connectivity index (χ0) is 17.5. The fourth-order valence-electron chi connectivity index (χ4n) is 2.84. The van der Waals surface area contributed by atoms with Gasteiger partial charge in [-0.25, -0.2) is 8.42 Å². The van der Waals surface area contributed by atoms with E-state index in [9.17, 15) is 18.0 Å². The maximum atomic E-state index is 12.8. The number of rotatable bonds is 3. The van der Waals surface area contributed by atoms with Crippen molar-refractivity contribution in [2.45, 2.75) is 34.8 Å². The summed E-state index contributed by atoms with van der Waals surface area (Å²) in [4.78, 5) is 23.7. The van der Waals surface area contributed by atoms with E-state index in [0.717, 1.165) is 4.90 Å². The van der Waals surface area contributed by atoms with Gasteiger partial charge >= 0.3 is 5.97 Å². The van der Waals surface area contributed by atoms with Gasteiger partial charge in [-0.1, -0.05) is 0 Å². The summed E-state index contributed by atoms with van der Waals surface area (Å²) in [7, 11) is -3.70. The molecule has 0 spiro atoms. The highest BCUT2D eigenvalue weighted by molar-refractivity contribution is 8.01. The van der Waals surface area contributed by atoms with Gasteiger partial charge in [0, 0.05) is 18.0 Å². The monoisotopic (exact) mass is 370 g/mol. The lowest BCUT2D eigenvalue weighted by atomic mass is 9.99. The third-order valence-electron chi connectivity index (χ3n) is 4.32. The van der Waals surface area contributed by atoms with E-state index < -0.39 is 21.9 Å². The smallest absolute Gasteiger partial charge is 0.306 e. The van der Waals surface area contributed by atoms with Gasteiger partial charge in [0.1, 0.15) is 0 Å². The largest absolute Gasteiger partial charge is 0.481 e.